The molecule has 0 aliphatic heterocycles. The monoisotopic (exact) mass is 144 g/mol. The molecule has 0 radical (unpaired) electrons. The maximum absolute atomic E-state index is 10.3. The Bertz CT molecular complexity index is 95.6. The van der Waals surface area contributed by atoms with E-state index in [0.29, 0.717) is 6.54 Å². The minimum Gasteiger partial charge on any atom is -0.344 e. The molecule has 2 N–H and O–H groups in total. The third kappa shape index (κ3) is 3.45. The molecule has 10 heavy (non-hydrogen) atoms. The molecule has 0 bridgehead atoms. The SMILES string of the molecule is CCC(N)CN(C=O)CC. The number of nitrogens with two attached hydrogens (primary N) is 1. The minimum absolute atomic E-state index is 0.130. The molecule has 1 unspecified atom stereocenters. The number of nitrogens with zero attached hydrogens (tertiary/aromatic N) is 1. The van der Waals surface area contributed by atoms with Gasteiger partial charge in [-0.15, -0.1) is 0 Å². The van der Waals surface area contributed by atoms with E-state index in [2.05, 4.69) is 0 Å². The number of likely N-dealkylation sites (N-methyl/N-ethyl adjacent to an activating group) is 1. The predicted octanol–water partition coefficient (Wildman–Crippen LogP) is 0.202. The number of rotatable bonds is 5. The number of carbonyl (C=O) groups excluding carboxylic acids is 1. The number of amides is 1. The van der Waals surface area contributed by atoms with Gasteiger partial charge in [-0.05, 0) is 13.3 Å². The summed E-state index contributed by atoms with van der Waals surface area (Å²) in [4.78, 5) is 11.9. The summed E-state index contributed by atoms with van der Waals surface area (Å²) in [5.41, 5.74) is 5.62. The van der Waals surface area contributed by atoms with Crippen LogP contribution < -0.4 is 5.73 Å². The van der Waals surface area contributed by atoms with E-state index in [1.54, 1.807) is 4.90 Å². The first-order chi connectivity index (χ1) is 4.74. The number of hydrogen-bond acceptors (Lipinski definition) is 2. The Morgan fingerprint density at radius 3 is 2.50 bits per heavy atom. The summed E-state index contributed by atoms with van der Waals surface area (Å²) in [5, 5.41) is 0. The van der Waals surface area contributed by atoms with Gasteiger partial charge in [-0.1, -0.05) is 6.92 Å². The highest BCUT2D eigenvalue weighted by Crippen LogP contribution is 1.89. The molecule has 0 fully saturated rings. The fourth-order valence-corrected chi connectivity index (χ4v) is 0.677. The topological polar surface area (TPSA) is 46.3 Å². The first-order valence-corrected chi connectivity index (χ1v) is 3.69. The third-order valence-electron chi connectivity index (χ3n) is 1.55. The van der Waals surface area contributed by atoms with Crippen LogP contribution in [0.25, 0.3) is 0 Å². The van der Waals surface area contributed by atoms with Crippen LogP contribution in [0.15, 0.2) is 0 Å². The van der Waals surface area contributed by atoms with Gasteiger partial charge in [0.05, 0.1) is 0 Å². The molecule has 0 aliphatic carbocycles. The second-order valence-corrected chi connectivity index (χ2v) is 2.36. The smallest absolute Gasteiger partial charge is 0.209 e. The standard InChI is InChI=1S/C7H16N2O/c1-3-7(8)5-9(4-2)6-10/h6-7H,3-5,8H2,1-2H3. The number of hydrogen-bond donors (Lipinski definition) is 1. The van der Waals surface area contributed by atoms with Crippen LogP contribution in [0.5, 0.6) is 0 Å². The van der Waals surface area contributed by atoms with Crippen molar-refractivity contribution in [3.8, 4) is 0 Å². The molecule has 60 valence electrons. The highest BCUT2D eigenvalue weighted by atomic mass is 16.1. The average molecular weight is 144 g/mol. The summed E-state index contributed by atoms with van der Waals surface area (Å²) in [6.45, 7) is 5.38. The van der Waals surface area contributed by atoms with E-state index in [-0.39, 0.29) is 6.04 Å². The van der Waals surface area contributed by atoms with Crippen molar-refractivity contribution >= 4 is 6.41 Å². The first kappa shape index (κ1) is 9.43. The fraction of sp³-hybridized carbons (Fsp3) is 0.857. The Hall–Kier alpha value is -0.570. The lowest BCUT2D eigenvalue weighted by atomic mass is 10.2. The Kier molecular flexibility index (Phi) is 4.94. The van der Waals surface area contributed by atoms with E-state index in [0.717, 1.165) is 19.4 Å². The van der Waals surface area contributed by atoms with Gasteiger partial charge in [0.25, 0.3) is 0 Å². The highest BCUT2D eigenvalue weighted by Gasteiger charge is 2.03. The van der Waals surface area contributed by atoms with Crippen molar-refractivity contribution in [2.75, 3.05) is 13.1 Å². The summed E-state index contributed by atoms with van der Waals surface area (Å²) in [7, 11) is 0. The second kappa shape index (κ2) is 5.23. The maximum atomic E-state index is 10.3. The fourth-order valence-electron chi connectivity index (χ4n) is 0.677. The zero-order valence-corrected chi connectivity index (χ0v) is 6.71. The Morgan fingerprint density at radius 1 is 1.60 bits per heavy atom. The van der Waals surface area contributed by atoms with Gasteiger partial charge in [0.1, 0.15) is 0 Å². The normalized spacial score (nSPS) is 12.7. The van der Waals surface area contributed by atoms with E-state index >= 15 is 0 Å². The lowest BCUT2D eigenvalue weighted by Gasteiger charge is -2.18. The summed E-state index contributed by atoms with van der Waals surface area (Å²) in [5.74, 6) is 0. The van der Waals surface area contributed by atoms with Gasteiger partial charge in [0.15, 0.2) is 0 Å². The third-order valence-corrected chi connectivity index (χ3v) is 1.55. The predicted molar refractivity (Wildman–Crippen MR) is 41.6 cm³/mol. The summed E-state index contributed by atoms with van der Waals surface area (Å²) >= 11 is 0. The van der Waals surface area contributed by atoms with Gasteiger partial charge in [0.2, 0.25) is 6.41 Å². The molecule has 0 heterocycles. The van der Waals surface area contributed by atoms with Crippen LogP contribution in [0, 0.1) is 0 Å². The number of carbonyl (C=O) groups is 1. The average Bonchev–Trinajstić information content (AvgIpc) is 1.99. The summed E-state index contributed by atoms with van der Waals surface area (Å²) in [6, 6.07) is 0.130. The Labute approximate surface area is 62.2 Å². The van der Waals surface area contributed by atoms with Crippen molar-refractivity contribution < 1.29 is 4.79 Å². The maximum Gasteiger partial charge on any atom is 0.209 e. The summed E-state index contributed by atoms with van der Waals surface area (Å²) in [6.07, 6.45) is 1.76. The molecule has 0 spiro atoms. The quantitative estimate of drug-likeness (QED) is 0.560. The van der Waals surface area contributed by atoms with Gasteiger partial charge in [-0.2, -0.15) is 0 Å². The van der Waals surface area contributed by atoms with Crippen LogP contribution in [0.2, 0.25) is 0 Å². The van der Waals surface area contributed by atoms with Crippen molar-refractivity contribution in [2.24, 2.45) is 5.73 Å². The van der Waals surface area contributed by atoms with E-state index in [9.17, 15) is 4.79 Å². The molecule has 1 amide bonds. The molecule has 0 rings (SSSR count). The van der Waals surface area contributed by atoms with Crippen LogP contribution in [0.1, 0.15) is 20.3 Å². The van der Waals surface area contributed by atoms with Crippen molar-refractivity contribution in [1.82, 2.24) is 4.90 Å². The molecule has 0 saturated heterocycles. The second-order valence-electron chi connectivity index (χ2n) is 2.36. The molecule has 0 aliphatic rings. The lowest BCUT2D eigenvalue weighted by Crippen LogP contribution is -2.36. The Balaban J connectivity index is 3.51. The van der Waals surface area contributed by atoms with Gasteiger partial charge in [-0.3, -0.25) is 4.79 Å². The lowest BCUT2D eigenvalue weighted by molar-refractivity contribution is -0.118. The van der Waals surface area contributed by atoms with Crippen molar-refractivity contribution in [3.05, 3.63) is 0 Å². The van der Waals surface area contributed by atoms with Crippen molar-refractivity contribution in [3.63, 3.8) is 0 Å². The molecule has 0 aromatic carbocycles. The molecule has 0 aromatic heterocycles. The van der Waals surface area contributed by atoms with E-state index in [1.165, 1.54) is 0 Å². The molecule has 0 saturated carbocycles. The Morgan fingerprint density at radius 2 is 2.20 bits per heavy atom. The highest BCUT2D eigenvalue weighted by molar-refractivity contribution is 5.46. The van der Waals surface area contributed by atoms with Crippen LogP contribution in [0.4, 0.5) is 0 Å². The molecule has 0 aromatic rings. The van der Waals surface area contributed by atoms with E-state index < -0.39 is 0 Å². The van der Waals surface area contributed by atoms with E-state index in [1.807, 2.05) is 13.8 Å². The van der Waals surface area contributed by atoms with Crippen LogP contribution in [0.3, 0.4) is 0 Å². The van der Waals surface area contributed by atoms with Crippen LogP contribution in [-0.4, -0.2) is 30.4 Å². The minimum atomic E-state index is 0.130. The van der Waals surface area contributed by atoms with Gasteiger partial charge in [0, 0.05) is 19.1 Å². The van der Waals surface area contributed by atoms with Crippen molar-refractivity contribution in [2.45, 2.75) is 26.3 Å². The van der Waals surface area contributed by atoms with Crippen LogP contribution >= 0.6 is 0 Å². The van der Waals surface area contributed by atoms with E-state index in [4.69, 9.17) is 5.73 Å². The first-order valence-electron chi connectivity index (χ1n) is 3.69. The van der Waals surface area contributed by atoms with Crippen LogP contribution in [-0.2, 0) is 4.79 Å². The molecular formula is C7H16N2O. The molecule has 1 atom stereocenters. The zero-order chi connectivity index (χ0) is 7.98. The zero-order valence-electron chi connectivity index (χ0n) is 6.71. The molecular weight excluding hydrogens is 128 g/mol. The molecule has 3 nitrogen and oxygen atoms in total. The van der Waals surface area contributed by atoms with Gasteiger partial charge < -0.3 is 10.6 Å². The van der Waals surface area contributed by atoms with Gasteiger partial charge >= 0.3 is 0 Å². The van der Waals surface area contributed by atoms with Crippen molar-refractivity contribution in [1.29, 1.82) is 0 Å². The largest absolute Gasteiger partial charge is 0.344 e. The van der Waals surface area contributed by atoms with Gasteiger partial charge in [-0.25, -0.2) is 0 Å². The molecule has 3 heteroatoms. The summed E-state index contributed by atoms with van der Waals surface area (Å²) < 4.78 is 0.